The topological polar surface area (TPSA) is 48.1 Å². The highest BCUT2D eigenvalue weighted by atomic mass is 32.1. The number of nitrogens with two attached hydrogens (primary N) is 1. The molecule has 1 atom stereocenters. The Morgan fingerprint density at radius 2 is 2.25 bits per heavy atom. The van der Waals surface area contributed by atoms with Crippen molar-refractivity contribution >= 4 is 11.3 Å². The highest BCUT2D eigenvalue weighted by Gasteiger charge is 2.27. The lowest BCUT2D eigenvalue weighted by Gasteiger charge is -2.11. The Kier molecular flexibility index (Phi) is 5.17. The molecule has 3 nitrogen and oxygen atoms in total. The SMILES string of the molecule is NC(CCOCC(F)(F)F)Cc1cncs1. The second kappa shape index (κ2) is 6.17. The van der Waals surface area contributed by atoms with Crippen molar-refractivity contribution in [1.82, 2.24) is 4.98 Å². The second-order valence-corrected chi connectivity index (χ2v) is 4.36. The molecule has 1 aromatic rings. The van der Waals surface area contributed by atoms with E-state index in [0.717, 1.165) is 4.88 Å². The van der Waals surface area contributed by atoms with Crippen LogP contribution in [0, 0.1) is 0 Å². The molecule has 1 heterocycles. The molecule has 0 saturated heterocycles. The highest BCUT2D eigenvalue weighted by molar-refractivity contribution is 7.09. The zero-order chi connectivity index (χ0) is 12.0. The van der Waals surface area contributed by atoms with Crippen molar-refractivity contribution in [3.8, 4) is 0 Å². The van der Waals surface area contributed by atoms with E-state index in [9.17, 15) is 13.2 Å². The second-order valence-electron chi connectivity index (χ2n) is 3.39. The van der Waals surface area contributed by atoms with E-state index in [2.05, 4.69) is 9.72 Å². The number of ether oxygens (including phenoxy) is 1. The number of aromatic nitrogens is 1. The van der Waals surface area contributed by atoms with Crippen molar-refractivity contribution in [3.63, 3.8) is 0 Å². The van der Waals surface area contributed by atoms with Crippen LogP contribution < -0.4 is 5.73 Å². The van der Waals surface area contributed by atoms with E-state index in [1.807, 2.05) is 0 Å². The van der Waals surface area contributed by atoms with E-state index < -0.39 is 12.8 Å². The van der Waals surface area contributed by atoms with Crippen LogP contribution in [0.3, 0.4) is 0 Å². The Labute approximate surface area is 95.4 Å². The number of halogens is 3. The molecule has 92 valence electrons. The molecule has 16 heavy (non-hydrogen) atoms. The Morgan fingerprint density at radius 3 is 2.81 bits per heavy atom. The minimum absolute atomic E-state index is 0.0273. The molecule has 1 aromatic heterocycles. The first kappa shape index (κ1) is 13.4. The van der Waals surface area contributed by atoms with Crippen LogP contribution in [0.25, 0.3) is 0 Å². The molecule has 1 rings (SSSR count). The van der Waals surface area contributed by atoms with Gasteiger partial charge in [0.05, 0.1) is 5.51 Å². The maximum atomic E-state index is 11.7. The van der Waals surface area contributed by atoms with Gasteiger partial charge in [-0.1, -0.05) is 0 Å². The number of rotatable bonds is 6. The van der Waals surface area contributed by atoms with Gasteiger partial charge in [0.1, 0.15) is 6.61 Å². The highest BCUT2D eigenvalue weighted by Crippen LogP contribution is 2.15. The molecule has 7 heteroatoms. The maximum Gasteiger partial charge on any atom is 0.411 e. The van der Waals surface area contributed by atoms with Crippen LogP contribution in [0.1, 0.15) is 11.3 Å². The van der Waals surface area contributed by atoms with Gasteiger partial charge in [0.15, 0.2) is 0 Å². The van der Waals surface area contributed by atoms with Crippen LogP contribution in [0.5, 0.6) is 0 Å². The van der Waals surface area contributed by atoms with Crippen molar-refractivity contribution < 1.29 is 17.9 Å². The fourth-order valence-corrected chi connectivity index (χ4v) is 1.82. The maximum absolute atomic E-state index is 11.7. The summed E-state index contributed by atoms with van der Waals surface area (Å²) >= 11 is 1.48. The average molecular weight is 254 g/mol. The molecular formula is C9H13F3N2OS. The normalized spacial score (nSPS) is 14.0. The molecule has 0 amide bonds. The lowest BCUT2D eigenvalue weighted by Crippen LogP contribution is -2.26. The number of hydrogen-bond acceptors (Lipinski definition) is 4. The predicted molar refractivity (Wildman–Crippen MR) is 55.3 cm³/mol. The monoisotopic (exact) mass is 254 g/mol. The fourth-order valence-electron chi connectivity index (χ4n) is 1.13. The summed E-state index contributed by atoms with van der Waals surface area (Å²) in [5.74, 6) is 0. The van der Waals surface area contributed by atoms with Crippen molar-refractivity contribution in [2.24, 2.45) is 5.73 Å². The molecular weight excluding hydrogens is 241 g/mol. The number of alkyl halides is 3. The van der Waals surface area contributed by atoms with Gasteiger partial charge in [-0.05, 0) is 12.8 Å². The lowest BCUT2D eigenvalue weighted by atomic mass is 10.1. The Balaban J connectivity index is 2.09. The van der Waals surface area contributed by atoms with Gasteiger partial charge in [-0.25, -0.2) is 0 Å². The van der Waals surface area contributed by atoms with Gasteiger partial charge >= 0.3 is 6.18 Å². The van der Waals surface area contributed by atoms with Crippen LogP contribution in [-0.2, 0) is 11.2 Å². The van der Waals surface area contributed by atoms with Crippen molar-refractivity contribution in [2.45, 2.75) is 25.1 Å². The van der Waals surface area contributed by atoms with Crippen LogP contribution >= 0.6 is 11.3 Å². The summed E-state index contributed by atoms with van der Waals surface area (Å²) in [6.07, 6.45) is -1.52. The summed E-state index contributed by atoms with van der Waals surface area (Å²) in [6, 6.07) is -0.186. The minimum Gasteiger partial charge on any atom is -0.372 e. The third-order valence-corrected chi connectivity index (χ3v) is 2.65. The van der Waals surface area contributed by atoms with Gasteiger partial charge < -0.3 is 10.5 Å². The first-order valence-corrected chi connectivity index (χ1v) is 5.63. The third kappa shape index (κ3) is 6.04. The molecule has 1 unspecified atom stereocenters. The number of hydrogen-bond donors (Lipinski definition) is 1. The predicted octanol–water partition coefficient (Wildman–Crippen LogP) is 1.98. The molecule has 0 spiro atoms. The Hall–Kier alpha value is -0.660. The van der Waals surface area contributed by atoms with Crippen molar-refractivity contribution in [3.05, 3.63) is 16.6 Å². The quantitative estimate of drug-likeness (QED) is 0.790. The first-order chi connectivity index (χ1) is 7.47. The lowest BCUT2D eigenvalue weighted by molar-refractivity contribution is -0.174. The van der Waals surface area contributed by atoms with Crippen molar-refractivity contribution in [2.75, 3.05) is 13.2 Å². The molecule has 0 radical (unpaired) electrons. The van der Waals surface area contributed by atoms with E-state index in [0.29, 0.717) is 12.8 Å². The van der Waals surface area contributed by atoms with Gasteiger partial charge in [0.25, 0.3) is 0 Å². The molecule has 0 aromatic carbocycles. The van der Waals surface area contributed by atoms with E-state index in [-0.39, 0.29) is 12.6 Å². The van der Waals surface area contributed by atoms with Gasteiger partial charge in [-0.3, -0.25) is 4.98 Å². The minimum atomic E-state index is -4.26. The molecule has 0 saturated carbocycles. The number of nitrogens with zero attached hydrogens (tertiary/aromatic N) is 1. The van der Waals surface area contributed by atoms with E-state index in [1.165, 1.54) is 11.3 Å². The summed E-state index contributed by atoms with van der Waals surface area (Å²) in [4.78, 5) is 4.92. The molecule has 0 aliphatic heterocycles. The summed E-state index contributed by atoms with van der Waals surface area (Å²) in [5, 5.41) is 0. The largest absolute Gasteiger partial charge is 0.411 e. The summed E-state index contributed by atoms with van der Waals surface area (Å²) in [5.41, 5.74) is 7.43. The van der Waals surface area contributed by atoms with Crippen LogP contribution in [0.15, 0.2) is 11.7 Å². The van der Waals surface area contributed by atoms with E-state index >= 15 is 0 Å². The Morgan fingerprint density at radius 1 is 1.50 bits per heavy atom. The van der Waals surface area contributed by atoms with E-state index in [4.69, 9.17) is 5.73 Å². The molecule has 2 N–H and O–H groups in total. The van der Waals surface area contributed by atoms with Gasteiger partial charge in [-0.2, -0.15) is 13.2 Å². The third-order valence-electron chi connectivity index (χ3n) is 1.85. The summed E-state index contributed by atoms with van der Waals surface area (Å²) in [7, 11) is 0. The van der Waals surface area contributed by atoms with E-state index in [1.54, 1.807) is 11.7 Å². The zero-order valence-electron chi connectivity index (χ0n) is 8.54. The van der Waals surface area contributed by atoms with Crippen LogP contribution in [0.4, 0.5) is 13.2 Å². The molecule has 0 fully saturated rings. The van der Waals surface area contributed by atoms with Crippen LogP contribution in [-0.4, -0.2) is 30.4 Å². The standard InChI is InChI=1S/C9H13F3N2OS/c10-9(11,12)5-15-2-1-7(13)3-8-4-14-6-16-8/h4,6-7H,1-3,5,13H2. The van der Waals surface area contributed by atoms with Gasteiger partial charge in [0.2, 0.25) is 0 Å². The molecule has 0 bridgehead atoms. The van der Waals surface area contributed by atoms with Gasteiger partial charge in [-0.15, -0.1) is 11.3 Å². The summed E-state index contributed by atoms with van der Waals surface area (Å²) in [6.45, 7) is -1.18. The average Bonchev–Trinajstić information content (AvgIpc) is 2.63. The first-order valence-electron chi connectivity index (χ1n) is 4.75. The van der Waals surface area contributed by atoms with Crippen LogP contribution in [0.2, 0.25) is 0 Å². The molecule has 0 aliphatic carbocycles. The van der Waals surface area contributed by atoms with Crippen molar-refractivity contribution in [1.29, 1.82) is 0 Å². The molecule has 0 aliphatic rings. The number of thiazole rings is 1. The smallest absolute Gasteiger partial charge is 0.372 e. The Bertz CT molecular complexity index is 289. The zero-order valence-corrected chi connectivity index (χ0v) is 9.35. The fraction of sp³-hybridized carbons (Fsp3) is 0.667. The van der Waals surface area contributed by atoms with Gasteiger partial charge in [0, 0.05) is 23.7 Å². The summed E-state index contributed by atoms with van der Waals surface area (Å²) < 4.78 is 39.6.